The van der Waals surface area contributed by atoms with E-state index in [9.17, 15) is 0 Å². The van der Waals surface area contributed by atoms with Gasteiger partial charge in [-0.1, -0.05) is 52.0 Å². The third kappa shape index (κ3) is 4.20. The molecule has 0 amide bonds. The molecule has 1 saturated carbocycles. The Bertz CT molecular complexity index is 635. The van der Waals surface area contributed by atoms with Gasteiger partial charge in [-0.15, -0.1) is 10.2 Å². The second-order valence-corrected chi connectivity index (χ2v) is 7.56. The normalized spacial score (nSPS) is 15.3. The van der Waals surface area contributed by atoms with Gasteiger partial charge in [0.05, 0.1) is 6.54 Å². The maximum atomic E-state index is 5.87. The van der Waals surface area contributed by atoms with E-state index < -0.39 is 0 Å². The molecule has 124 valence electrons. The summed E-state index contributed by atoms with van der Waals surface area (Å²) >= 11 is 0. The Kier molecular flexibility index (Phi) is 4.53. The molecule has 1 aromatic heterocycles. The van der Waals surface area contributed by atoms with E-state index in [2.05, 4.69) is 67.1 Å². The lowest BCUT2D eigenvalue weighted by atomic mass is 9.97. The first kappa shape index (κ1) is 16.2. The SMILES string of the molecule is CCc1ccc(CN(Cc2nnc(C(C)(C)C)o2)C2CC2)cc1. The third-order valence-corrected chi connectivity index (χ3v) is 4.33. The Hall–Kier alpha value is -1.68. The summed E-state index contributed by atoms with van der Waals surface area (Å²) in [5.41, 5.74) is 2.65. The minimum Gasteiger partial charge on any atom is -0.423 e. The zero-order chi connectivity index (χ0) is 16.4. The van der Waals surface area contributed by atoms with Gasteiger partial charge >= 0.3 is 0 Å². The van der Waals surface area contributed by atoms with Gasteiger partial charge in [0.1, 0.15) is 0 Å². The highest BCUT2D eigenvalue weighted by Gasteiger charge is 2.31. The number of nitrogens with zero attached hydrogens (tertiary/aromatic N) is 3. The molecule has 0 atom stereocenters. The molecule has 1 aliphatic carbocycles. The van der Waals surface area contributed by atoms with Gasteiger partial charge < -0.3 is 4.42 Å². The van der Waals surface area contributed by atoms with Crippen LogP contribution in [0.5, 0.6) is 0 Å². The number of aryl methyl sites for hydroxylation is 1. The first-order valence-electron chi connectivity index (χ1n) is 8.60. The topological polar surface area (TPSA) is 42.2 Å². The molecule has 0 saturated heterocycles. The quantitative estimate of drug-likeness (QED) is 0.805. The molecule has 1 fully saturated rings. The molecule has 0 bridgehead atoms. The molecule has 0 spiro atoms. The molecule has 4 nitrogen and oxygen atoms in total. The fourth-order valence-corrected chi connectivity index (χ4v) is 2.66. The number of hydrogen-bond donors (Lipinski definition) is 0. The highest BCUT2D eigenvalue weighted by atomic mass is 16.4. The van der Waals surface area contributed by atoms with E-state index in [0.717, 1.165) is 31.3 Å². The van der Waals surface area contributed by atoms with E-state index in [1.54, 1.807) is 0 Å². The third-order valence-electron chi connectivity index (χ3n) is 4.33. The Balaban J connectivity index is 1.68. The zero-order valence-corrected chi connectivity index (χ0v) is 14.7. The van der Waals surface area contributed by atoms with Crippen molar-refractivity contribution in [3.63, 3.8) is 0 Å². The summed E-state index contributed by atoms with van der Waals surface area (Å²) in [6, 6.07) is 9.59. The van der Waals surface area contributed by atoms with Crippen LogP contribution in [0, 0.1) is 0 Å². The minimum atomic E-state index is -0.0916. The number of rotatable bonds is 6. The van der Waals surface area contributed by atoms with E-state index in [0.29, 0.717) is 6.04 Å². The molecule has 0 N–H and O–H groups in total. The minimum absolute atomic E-state index is 0.0916. The molecule has 0 aliphatic heterocycles. The smallest absolute Gasteiger partial charge is 0.230 e. The van der Waals surface area contributed by atoms with Gasteiger partial charge in [-0.3, -0.25) is 4.90 Å². The lowest BCUT2D eigenvalue weighted by molar-refractivity contribution is 0.215. The van der Waals surface area contributed by atoms with Crippen LogP contribution in [0.1, 0.15) is 63.4 Å². The molecule has 0 radical (unpaired) electrons. The Labute approximate surface area is 138 Å². The van der Waals surface area contributed by atoms with Crippen molar-refractivity contribution in [1.82, 2.24) is 15.1 Å². The molecule has 1 aromatic carbocycles. The van der Waals surface area contributed by atoms with E-state index in [1.807, 2.05) is 0 Å². The molecule has 0 unspecified atom stereocenters. The van der Waals surface area contributed by atoms with Crippen LogP contribution in [0.25, 0.3) is 0 Å². The van der Waals surface area contributed by atoms with Crippen LogP contribution in [0.3, 0.4) is 0 Å². The van der Waals surface area contributed by atoms with Crippen molar-refractivity contribution in [1.29, 1.82) is 0 Å². The Morgan fingerprint density at radius 3 is 2.22 bits per heavy atom. The highest BCUT2D eigenvalue weighted by molar-refractivity contribution is 5.22. The summed E-state index contributed by atoms with van der Waals surface area (Å²) in [7, 11) is 0. The predicted molar refractivity (Wildman–Crippen MR) is 91.1 cm³/mol. The van der Waals surface area contributed by atoms with Crippen molar-refractivity contribution in [2.45, 2.75) is 71.5 Å². The fourth-order valence-electron chi connectivity index (χ4n) is 2.66. The summed E-state index contributed by atoms with van der Waals surface area (Å²) < 4.78 is 5.87. The van der Waals surface area contributed by atoms with E-state index >= 15 is 0 Å². The molecular formula is C19H27N3O. The van der Waals surface area contributed by atoms with Gasteiger partial charge in [0.15, 0.2) is 0 Å². The summed E-state index contributed by atoms with van der Waals surface area (Å²) in [4.78, 5) is 2.46. The molecule has 1 heterocycles. The van der Waals surface area contributed by atoms with Crippen LogP contribution in [-0.2, 0) is 24.9 Å². The highest BCUT2D eigenvalue weighted by Crippen LogP contribution is 2.30. The van der Waals surface area contributed by atoms with Gasteiger partial charge in [0.2, 0.25) is 11.8 Å². The molecule has 2 aromatic rings. The number of aromatic nitrogens is 2. The van der Waals surface area contributed by atoms with Crippen LogP contribution in [-0.4, -0.2) is 21.1 Å². The van der Waals surface area contributed by atoms with Crippen LogP contribution in [0.4, 0.5) is 0 Å². The first-order chi connectivity index (χ1) is 11.0. The van der Waals surface area contributed by atoms with Crippen LogP contribution >= 0.6 is 0 Å². The maximum Gasteiger partial charge on any atom is 0.230 e. The monoisotopic (exact) mass is 313 g/mol. The van der Waals surface area contributed by atoms with Crippen LogP contribution in [0.2, 0.25) is 0 Å². The largest absolute Gasteiger partial charge is 0.423 e. The Morgan fingerprint density at radius 2 is 1.70 bits per heavy atom. The van der Waals surface area contributed by atoms with Crippen molar-refractivity contribution in [2.75, 3.05) is 0 Å². The fraction of sp³-hybridized carbons (Fsp3) is 0.579. The van der Waals surface area contributed by atoms with Crippen molar-refractivity contribution >= 4 is 0 Å². The van der Waals surface area contributed by atoms with E-state index in [-0.39, 0.29) is 5.41 Å². The lowest BCUT2D eigenvalue weighted by Gasteiger charge is -2.20. The van der Waals surface area contributed by atoms with Crippen molar-refractivity contribution in [3.8, 4) is 0 Å². The van der Waals surface area contributed by atoms with Crippen molar-refractivity contribution in [2.24, 2.45) is 0 Å². The molecule has 3 rings (SSSR count). The lowest BCUT2D eigenvalue weighted by Crippen LogP contribution is -2.25. The van der Waals surface area contributed by atoms with Gasteiger partial charge in [-0.25, -0.2) is 0 Å². The number of hydrogen-bond acceptors (Lipinski definition) is 4. The van der Waals surface area contributed by atoms with Crippen LogP contribution < -0.4 is 0 Å². The average Bonchev–Trinajstić information content (AvgIpc) is 3.25. The van der Waals surface area contributed by atoms with Crippen molar-refractivity contribution < 1.29 is 4.42 Å². The zero-order valence-electron chi connectivity index (χ0n) is 14.7. The first-order valence-corrected chi connectivity index (χ1v) is 8.60. The van der Waals surface area contributed by atoms with Crippen molar-refractivity contribution in [3.05, 3.63) is 47.2 Å². The van der Waals surface area contributed by atoms with E-state index in [1.165, 1.54) is 24.0 Å². The second-order valence-electron chi connectivity index (χ2n) is 7.56. The van der Waals surface area contributed by atoms with Gasteiger partial charge in [0, 0.05) is 18.0 Å². The second kappa shape index (κ2) is 6.44. The number of benzene rings is 1. The van der Waals surface area contributed by atoms with E-state index in [4.69, 9.17) is 4.42 Å². The Morgan fingerprint density at radius 1 is 1.04 bits per heavy atom. The van der Waals surface area contributed by atoms with Crippen LogP contribution in [0.15, 0.2) is 28.7 Å². The van der Waals surface area contributed by atoms with Gasteiger partial charge in [-0.2, -0.15) is 0 Å². The summed E-state index contributed by atoms with van der Waals surface area (Å²) in [5, 5.41) is 8.45. The maximum absolute atomic E-state index is 5.87. The van der Waals surface area contributed by atoms with Gasteiger partial charge in [0.25, 0.3) is 0 Å². The molecule has 23 heavy (non-hydrogen) atoms. The summed E-state index contributed by atoms with van der Waals surface area (Å²) in [6.07, 6.45) is 3.63. The summed E-state index contributed by atoms with van der Waals surface area (Å²) in [5.74, 6) is 1.45. The molecule has 1 aliphatic rings. The standard InChI is InChI=1S/C19H27N3O/c1-5-14-6-8-15(9-7-14)12-22(16-10-11-16)13-17-20-21-18(23-17)19(2,3)4/h6-9,16H,5,10-13H2,1-4H3. The average molecular weight is 313 g/mol. The summed E-state index contributed by atoms with van der Waals surface area (Å²) in [6.45, 7) is 10.2. The van der Waals surface area contributed by atoms with Gasteiger partial charge in [-0.05, 0) is 30.4 Å². The predicted octanol–water partition coefficient (Wildman–Crippen LogP) is 4.09. The molecule has 4 heteroatoms. The molecular weight excluding hydrogens is 286 g/mol.